The number of aliphatic hydroxyl groups is 1. The summed E-state index contributed by atoms with van der Waals surface area (Å²) in [5, 5.41) is 14.4. The van der Waals surface area contributed by atoms with E-state index in [-0.39, 0.29) is 23.1 Å². The molecule has 3 heterocycles. The molecule has 0 spiro atoms. The molecule has 0 saturated heterocycles. The molecule has 12 heteroatoms. The molecule has 0 aliphatic carbocycles. The predicted octanol–water partition coefficient (Wildman–Crippen LogP) is 4.41. The second-order valence-corrected chi connectivity index (χ2v) is 9.13. The number of hydrogen-bond acceptors (Lipinski definition) is 7. The van der Waals surface area contributed by atoms with Crippen LogP contribution in [0.5, 0.6) is 5.75 Å². The first kappa shape index (κ1) is 27.9. The molecule has 0 fully saturated rings. The summed E-state index contributed by atoms with van der Waals surface area (Å²) in [7, 11) is 1.69. The summed E-state index contributed by atoms with van der Waals surface area (Å²) in [6.07, 6.45) is 5.70. The van der Waals surface area contributed by atoms with Crippen LogP contribution in [0, 0.1) is 18.6 Å². The van der Waals surface area contributed by atoms with Gasteiger partial charge in [-0.25, -0.2) is 18.4 Å². The third-order valence-corrected chi connectivity index (χ3v) is 5.49. The minimum Gasteiger partial charge on any atom is -0.485 e. The highest BCUT2D eigenvalue weighted by Gasteiger charge is 2.24. The van der Waals surface area contributed by atoms with Crippen molar-refractivity contribution in [1.82, 2.24) is 24.3 Å². The van der Waals surface area contributed by atoms with Crippen LogP contribution in [-0.4, -0.2) is 35.6 Å². The van der Waals surface area contributed by atoms with E-state index in [0.717, 1.165) is 6.20 Å². The third-order valence-electron chi connectivity index (χ3n) is 5.14. The second-order valence-electron chi connectivity index (χ2n) is 8.76. The molecule has 0 aliphatic rings. The Kier molecular flexibility index (Phi) is 8.39. The molecule has 0 bridgehead atoms. The standard InChI is InChI=1S/C25H27ClF2N6O3/c1-7-18(22-31-24(25(4,5)36)33(6)32-22)29-10-14(2)12-34-15(3)8-20(21(26)23(34)35)37-13-19-17(28)9-16(27)11-30-19/h7-12,36H,13H2,1-6H3/b14-12+,18-7-,29-10-. The van der Waals surface area contributed by atoms with Gasteiger partial charge in [0.2, 0.25) is 0 Å². The molecule has 3 rings (SSSR count). The number of nitrogens with zero attached hydrogens (tertiary/aromatic N) is 6. The quantitative estimate of drug-likeness (QED) is 0.431. The molecule has 0 aromatic carbocycles. The summed E-state index contributed by atoms with van der Waals surface area (Å²) in [6.45, 7) is 8.11. The summed E-state index contributed by atoms with van der Waals surface area (Å²) in [6, 6.07) is 2.22. The SMILES string of the molecule is C\C=C(/N=C\C(C)=C\n1c(C)cc(OCc2ncc(F)cc2F)c(Cl)c1=O)c1nc(C(C)(C)O)n(C)n1. The van der Waals surface area contributed by atoms with Gasteiger partial charge in [-0.3, -0.25) is 19.3 Å². The molecular formula is C25H27ClF2N6O3. The molecule has 0 radical (unpaired) electrons. The topological polar surface area (TPSA) is 107 Å². The van der Waals surface area contributed by atoms with E-state index in [1.807, 2.05) is 0 Å². The third kappa shape index (κ3) is 6.55. The maximum atomic E-state index is 13.8. The zero-order valence-electron chi connectivity index (χ0n) is 21.3. The van der Waals surface area contributed by atoms with Crippen molar-refractivity contribution < 1.29 is 18.6 Å². The van der Waals surface area contributed by atoms with Gasteiger partial charge in [-0.2, -0.15) is 0 Å². The Bertz CT molecular complexity index is 1470. The molecule has 3 aromatic rings. The van der Waals surface area contributed by atoms with Gasteiger partial charge in [0.1, 0.15) is 40.2 Å². The molecule has 0 unspecified atom stereocenters. The van der Waals surface area contributed by atoms with Crippen molar-refractivity contribution in [2.45, 2.75) is 46.8 Å². The van der Waals surface area contributed by atoms with Crippen molar-refractivity contribution in [2.24, 2.45) is 12.0 Å². The predicted molar refractivity (Wildman–Crippen MR) is 137 cm³/mol. The Morgan fingerprint density at radius 1 is 1.32 bits per heavy atom. The van der Waals surface area contributed by atoms with Crippen LogP contribution in [0.3, 0.4) is 0 Å². The second kappa shape index (κ2) is 11.1. The number of rotatable bonds is 8. The van der Waals surface area contributed by atoms with E-state index in [9.17, 15) is 18.7 Å². The van der Waals surface area contributed by atoms with E-state index in [1.54, 1.807) is 60.2 Å². The van der Waals surface area contributed by atoms with E-state index in [2.05, 4.69) is 20.1 Å². The summed E-state index contributed by atoms with van der Waals surface area (Å²) < 4.78 is 35.2. The van der Waals surface area contributed by atoms with Gasteiger partial charge in [0.05, 0.1) is 6.20 Å². The fourth-order valence-electron chi connectivity index (χ4n) is 3.35. The van der Waals surface area contributed by atoms with Crippen molar-refractivity contribution in [3.8, 4) is 5.75 Å². The average Bonchev–Trinajstić information content (AvgIpc) is 3.21. The van der Waals surface area contributed by atoms with Crippen molar-refractivity contribution in [1.29, 1.82) is 0 Å². The zero-order valence-corrected chi connectivity index (χ0v) is 22.0. The number of ether oxygens (including phenoxy) is 1. The number of aliphatic imine (C=N–C) groups is 1. The van der Waals surface area contributed by atoms with Crippen LogP contribution in [0.25, 0.3) is 11.9 Å². The van der Waals surface area contributed by atoms with Crippen molar-refractivity contribution in [2.75, 3.05) is 0 Å². The molecule has 0 atom stereocenters. The summed E-state index contributed by atoms with van der Waals surface area (Å²) in [5.74, 6) is -0.889. The smallest absolute Gasteiger partial charge is 0.277 e. The maximum Gasteiger partial charge on any atom is 0.277 e. The van der Waals surface area contributed by atoms with Crippen LogP contribution >= 0.6 is 11.6 Å². The number of halogens is 3. The number of aromatic nitrogens is 5. The van der Waals surface area contributed by atoms with Crippen LogP contribution in [0.4, 0.5) is 8.78 Å². The van der Waals surface area contributed by atoms with Crippen LogP contribution in [0.1, 0.15) is 50.7 Å². The lowest BCUT2D eigenvalue weighted by molar-refractivity contribution is 0.0647. The average molecular weight is 533 g/mol. The Hall–Kier alpha value is -3.70. The van der Waals surface area contributed by atoms with Crippen LogP contribution < -0.4 is 10.3 Å². The van der Waals surface area contributed by atoms with Gasteiger partial charge in [0.25, 0.3) is 5.56 Å². The van der Waals surface area contributed by atoms with Gasteiger partial charge < -0.3 is 9.84 Å². The van der Waals surface area contributed by atoms with Crippen molar-refractivity contribution in [3.05, 3.63) is 80.0 Å². The monoisotopic (exact) mass is 532 g/mol. The van der Waals surface area contributed by atoms with E-state index in [4.69, 9.17) is 16.3 Å². The fourth-order valence-corrected chi connectivity index (χ4v) is 3.55. The largest absolute Gasteiger partial charge is 0.485 e. The first-order valence-corrected chi connectivity index (χ1v) is 11.6. The minimum absolute atomic E-state index is 0.0469. The Balaban J connectivity index is 1.82. The molecule has 3 aromatic heterocycles. The lowest BCUT2D eigenvalue weighted by Gasteiger charge is -2.14. The Morgan fingerprint density at radius 3 is 2.62 bits per heavy atom. The molecular weight excluding hydrogens is 506 g/mol. The number of aryl methyl sites for hydroxylation is 2. The van der Waals surface area contributed by atoms with Gasteiger partial charge in [0.15, 0.2) is 17.5 Å². The van der Waals surface area contributed by atoms with Gasteiger partial charge in [-0.15, -0.1) is 5.10 Å². The minimum atomic E-state index is -1.17. The first-order chi connectivity index (χ1) is 17.3. The van der Waals surface area contributed by atoms with Crippen molar-refractivity contribution in [3.63, 3.8) is 0 Å². The maximum absolute atomic E-state index is 13.8. The lowest BCUT2D eigenvalue weighted by atomic mass is 10.1. The summed E-state index contributed by atoms with van der Waals surface area (Å²) in [4.78, 5) is 25.3. The van der Waals surface area contributed by atoms with Gasteiger partial charge in [0, 0.05) is 37.3 Å². The Morgan fingerprint density at radius 2 is 2.03 bits per heavy atom. The van der Waals surface area contributed by atoms with Gasteiger partial charge in [-0.1, -0.05) is 17.7 Å². The molecule has 0 amide bonds. The molecule has 0 aliphatic heterocycles. The summed E-state index contributed by atoms with van der Waals surface area (Å²) in [5.41, 5.74) is -0.253. The van der Waals surface area contributed by atoms with E-state index in [1.165, 1.54) is 15.3 Å². The fraction of sp³-hybridized carbons (Fsp3) is 0.320. The molecule has 196 valence electrons. The van der Waals surface area contributed by atoms with E-state index < -0.39 is 22.8 Å². The highest BCUT2D eigenvalue weighted by Crippen LogP contribution is 2.24. The van der Waals surface area contributed by atoms with E-state index in [0.29, 0.717) is 34.7 Å². The van der Waals surface area contributed by atoms with Crippen LogP contribution in [0.15, 0.2) is 39.8 Å². The number of pyridine rings is 2. The Labute approximate surface area is 217 Å². The molecule has 0 saturated carbocycles. The zero-order chi connectivity index (χ0) is 27.5. The highest BCUT2D eigenvalue weighted by atomic mass is 35.5. The molecule has 1 N–H and O–H groups in total. The van der Waals surface area contributed by atoms with Gasteiger partial charge in [-0.05, 0) is 40.2 Å². The van der Waals surface area contributed by atoms with Gasteiger partial charge >= 0.3 is 0 Å². The molecule has 37 heavy (non-hydrogen) atoms. The summed E-state index contributed by atoms with van der Waals surface area (Å²) >= 11 is 6.23. The lowest BCUT2D eigenvalue weighted by Crippen LogP contribution is -2.21. The highest BCUT2D eigenvalue weighted by molar-refractivity contribution is 6.31. The number of allylic oxidation sites excluding steroid dienone is 2. The normalized spacial score (nSPS) is 13.0. The molecule has 9 nitrogen and oxygen atoms in total. The first-order valence-electron chi connectivity index (χ1n) is 11.2. The van der Waals surface area contributed by atoms with Crippen molar-refractivity contribution >= 4 is 29.7 Å². The van der Waals surface area contributed by atoms with E-state index >= 15 is 0 Å². The van der Waals surface area contributed by atoms with Crippen LogP contribution in [-0.2, 0) is 19.3 Å². The van der Waals surface area contributed by atoms with Crippen LogP contribution in [0.2, 0.25) is 5.02 Å². The number of hydrogen-bond donors (Lipinski definition) is 1.